The Labute approximate surface area is 115 Å². The Kier molecular flexibility index (Phi) is 4.95. The van der Waals surface area contributed by atoms with E-state index in [0.29, 0.717) is 12.3 Å². The molecule has 0 aliphatic carbocycles. The first kappa shape index (κ1) is 15.5. The number of carbonyl (C=O) groups excluding carboxylic acids is 1. The zero-order valence-corrected chi connectivity index (χ0v) is 12.5. The lowest BCUT2D eigenvalue weighted by atomic mass is 9.91. The third-order valence-corrected chi connectivity index (χ3v) is 3.41. The quantitative estimate of drug-likeness (QED) is 0.887. The average molecular weight is 264 g/mol. The van der Waals surface area contributed by atoms with Gasteiger partial charge in [0.05, 0.1) is 18.2 Å². The second-order valence-electron chi connectivity index (χ2n) is 5.31. The van der Waals surface area contributed by atoms with Gasteiger partial charge in [-0.25, -0.2) is 0 Å². The number of hydrogen-bond acceptors (Lipinski definition) is 3. The molecule has 0 atom stereocenters. The number of hydrogen-bond donors (Lipinski definition) is 1. The van der Waals surface area contributed by atoms with Gasteiger partial charge >= 0.3 is 0 Å². The fourth-order valence-corrected chi connectivity index (χ4v) is 1.87. The van der Waals surface area contributed by atoms with Gasteiger partial charge in [-0.3, -0.25) is 4.79 Å². The minimum Gasteiger partial charge on any atom is -0.495 e. The van der Waals surface area contributed by atoms with Crippen molar-refractivity contribution in [2.75, 3.05) is 25.6 Å². The van der Waals surface area contributed by atoms with Gasteiger partial charge in [0.2, 0.25) is 5.91 Å². The van der Waals surface area contributed by atoms with Crippen molar-refractivity contribution >= 4 is 11.6 Å². The average Bonchev–Trinajstić information content (AvgIpc) is 2.44. The van der Waals surface area contributed by atoms with Gasteiger partial charge in [-0.2, -0.15) is 0 Å². The van der Waals surface area contributed by atoms with Gasteiger partial charge in [0.15, 0.2) is 0 Å². The summed E-state index contributed by atoms with van der Waals surface area (Å²) in [7, 11) is 3.37. The van der Waals surface area contributed by atoms with E-state index in [0.717, 1.165) is 12.1 Å². The summed E-state index contributed by atoms with van der Waals surface area (Å²) in [5.41, 5.74) is 7.04. The van der Waals surface area contributed by atoms with Crippen LogP contribution in [0.2, 0.25) is 0 Å². The Morgan fingerprint density at radius 3 is 2.53 bits per heavy atom. The van der Waals surface area contributed by atoms with Gasteiger partial charge in [0.25, 0.3) is 0 Å². The molecule has 0 aliphatic rings. The van der Waals surface area contributed by atoms with Crippen molar-refractivity contribution in [1.29, 1.82) is 0 Å². The molecule has 106 valence electrons. The van der Waals surface area contributed by atoms with E-state index < -0.39 is 5.41 Å². The third kappa shape index (κ3) is 3.26. The number of methoxy groups -OCH3 is 1. The van der Waals surface area contributed by atoms with Crippen LogP contribution < -0.4 is 15.4 Å². The minimum absolute atomic E-state index is 0.0125. The van der Waals surface area contributed by atoms with Crippen LogP contribution in [0.1, 0.15) is 26.3 Å². The van der Waals surface area contributed by atoms with Crippen LogP contribution >= 0.6 is 0 Å². The van der Waals surface area contributed by atoms with E-state index in [4.69, 9.17) is 10.5 Å². The molecule has 1 aromatic rings. The molecule has 0 aromatic heterocycles. The van der Waals surface area contributed by atoms with E-state index in [9.17, 15) is 4.79 Å². The van der Waals surface area contributed by atoms with Crippen molar-refractivity contribution in [3.8, 4) is 5.75 Å². The summed E-state index contributed by atoms with van der Waals surface area (Å²) < 4.78 is 5.34. The molecule has 0 fully saturated rings. The maximum absolute atomic E-state index is 12.5. The molecule has 1 rings (SSSR count). The molecule has 0 saturated carbocycles. The lowest BCUT2D eigenvalue weighted by Gasteiger charge is -2.29. The van der Waals surface area contributed by atoms with Gasteiger partial charge in [-0.15, -0.1) is 0 Å². The Hall–Kier alpha value is -1.55. The molecule has 0 spiro atoms. The van der Waals surface area contributed by atoms with Crippen LogP contribution in [0.5, 0.6) is 5.75 Å². The predicted molar refractivity (Wildman–Crippen MR) is 78.6 cm³/mol. The molecule has 0 unspecified atom stereocenters. The SMILES string of the molecule is CCc1ccc(OC)c(N(C)C(=O)C(C)(C)CN)c1. The molecule has 1 aromatic carbocycles. The number of amides is 1. The highest BCUT2D eigenvalue weighted by Crippen LogP contribution is 2.31. The van der Waals surface area contributed by atoms with E-state index in [2.05, 4.69) is 6.92 Å². The van der Waals surface area contributed by atoms with E-state index in [1.807, 2.05) is 32.0 Å². The fourth-order valence-electron chi connectivity index (χ4n) is 1.87. The molecule has 2 N–H and O–H groups in total. The maximum atomic E-state index is 12.5. The van der Waals surface area contributed by atoms with E-state index in [1.165, 1.54) is 5.56 Å². The molecule has 0 aliphatic heterocycles. The van der Waals surface area contributed by atoms with Crippen molar-refractivity contribution in [2.24, 2.45) is 11.1 Å². The first-order valence-corrected chi connectivity index (χ1v) is 6.52. The summed E-state index contributed by atoms with van der Waals surface area (Å²) in [6.45, 7) is 6.09. The van der Waals surface area contributed by atoms with Crippen LogP contribution in [-0.2, 0) is 11.2 Å². The second kappa shape index (κ2) is 6.06. The molecular formula is C15H24N2O2. The first-order chi connectivity index (χ1) is 8.87. The number of carbonyl (C=O) groups is 1. The van der Waals surface area contributed by atoms with Gasteiger partial charge < -0.3 is 15.4 Å². The van der Waals surface area contributed by atoms with Crippen LogP contribution in [0, 0.1) is 5.41 Å². The van der Waals surface area contributed by atoms with Crippen LogP contribution in [0.15, 0.2) is 18.2 Å². The van der Waals surface area contributed by atoms with Gasteiger partial charge in [-0.1, -0.05) is 13.0 Å². The Balaban J connectivity index is 3.17. The maximum Gasteiger partial charge on any atom is 0.233 e. The Morgan fingerprint density at radius 2 is 2.05 bits per heavy atom. The third-order valence-electron chi connectivity index (χ3n) is 3.41. The number of rotatable bonds is 5. The topological polar surface area (TPSA) is 55.6 Å². The lowest BCUT2D eigenvalue weighted by Crippen LogP contribution is -2.43. The first-order valence-electron chi connectivity index (χ1n) is 6.52. The monoisotopic (exact) mass is 264 g/mol. The summed E-state index contributed by atoms with van der Waals surface area (Å²) in [5.74, 6) is 0.683. The summed E-state index contributed by atoms with van der Waals surface area (Å²) in [5, 5.41) is 0. The lowest BCUT2D eigenvalue weighted by molar-refractivity contribution is -0.125. The smallest absolute Gasteiger partial charge is 0.233 e. The molecule has 0 saturated heterocycles. The largest absolute Gasteiger partial charge is 0.495 e. The number of anilines is 1. The Bertz CT molecular complexity index is 455. The zero-order valence-electron chi connectivity index (χ0n) is 12.5. The molecule has 0 heterocycles. The highest BCUT2D eigenvalue weighted by atomic mass is 16.5. The van der Waals surface area contributed by atoms with Crippen molar-refractivity contribution in [3.05, 3.63) is 23.8 Å². The molecule has 4 heteroatoms. The zero-order chi connectivity index (χ0) is 14.6. The summed E-state index contributed by atoms with van der Waals surface area (Å²) in [6.07, 6.45) is 0.916. The van der Waals surface area contributed by atoms with Crippen molar-refractivity contribution in [3.63, 3.8) is 0 Å². The molecular weight excluding hydrogens is 240 g/mol. The van der Waals surface area contributed by atoms with Gasteiger partial charge in [-0.05, 0) is 38.0 Å². The highest BCUT2D eigenvalue weighted by Gasteiger charge is 2.30. The van der Waals surface area contributed by atoms with Crippen molar-refractivity contribution in [1.82, 2.24) is 0 Å². The predicted octanol–water partition coefficient (Wildman–Crippen LogP) is 2.21. The Morgan fingerprint density at radius 1 is 1.42 bits per heavy atom. The number of ether oxygens (including phenoxy) is 1. The molecule has 0 bridgehead atoms. The molecule has 1 amide bonds. The summed E-state index contributed by atoms with van der Waals surface area (Å²) in [4.78, 5) is 14.1. The van der Waals surface area contributed by atoms with Crippen LogP contribution in [-0.4, -0.2) is 26.6 Å². The number of nitrogens with zero attached hydrogens (tertiary/aromatic N) is 1. The second-order valence-corrected chi connectivity index (χ2v) is 5.31. The van der Waals surface area contributed by atoms with E-state index in [1.54, 1.807) is 19.1 Å². The number of benzene rings is 1. The molecule has 4 nitrogen and oxygen atoms in total. The van der Waals surface area contributed by atoms with Gasteiger partial charge in [0.1, 0.15) is 5.75 Å². The molecule has 0 radical (unpaired) electrons. The van der Waals surface area contributed by atoms with E-state index >= 15 is 0 Å². The van der Waals surface area contributed by atoms with Crippen LogP contribution in [0.25, 0.3) is 0 Å². The summed E-state index contributed by atoms with van der Waals surface area (Å²) in [6, 6.07) is 5.89. The number of aryl methyl sites for hydroxylation is 1. The van der Waals surface area contributed by atoms with Crippen molar-refractivity contribution < 1.29 is 9.53 Å². The normalized spacial score (nSPS) is 11.3. The molecule has 19 heavy (non-hydrogen) atoms. The minimum atomic E-state index is -0.581. The summed E-state index contributed by atoms with van der Waals surface area (Å²) >= 11 is 0. The fraction of sp³-hybridized carbons (Fsp3) is 0.533. The standard InChI is InChI=1S/C15H24N2O2/c1-6-11-7-8-13(19-5)12(9-11)17(4)14(18)15(2,3)10-16/h7-9H,6,10,16H2,1-5H3. The van der Waals surface area contributed by atoms with Crippen LogP contribution in [0.4, 0.5) is 5.69 Å². The number of nitrogens with two attached hydrogens (primary N) is 1. The van der Waals surface area contributed by atoms with Gasteiger partial charge in [0, 0.05) is 13.6 Å². The van der Waals surface area contributed by atoms with E-state index in [-0.39, 0.29) is 5.91 Å². The van der Waals surface area contributed by atoms with Crippen LogP contribution in [0.3, 0.4) is 0 Å². The highest BCUT2D eigenvalue weighted by molar-refractivity contribution is 5.98. The van der Waals surface area contributed by atoms with Crippen molar-refractivity contribution in [2.45, 2.75) is 27.2 Å².